The number of rotatable bonds is 6. The Morgan fingerprint density at radius 2 is 1.66 bits per heavy atom. The van der Waals surface area contributed by atoms with Gasteiger partial charge in [-0.15, -0.1) is 0 Å². The highest BCUT2D eigenvalue weighted by molar-refractivity contribution is 6.06. The van der Waals surface area contributed by atoms with Crippen molar-refractivity contribution in [3.63, 3.8) is 0 Å². The minimum Gasteiger partial charge on any atom is -0.493 e. The fraction of sp³-hybridized carbons (Fsp3) is 0.346. The van der Waals surface area contributed by atoms with E-state index in [0.717, 1.165) is 22.6 Å². The zero-order valence-electron chi connectivity index (χ0n) is 17.8. The Balaban J connectivity index is 1.18. The van der Waals surface area contributed by atoms with Crippen LogP contribution >= 0.6 is 0 Å². The van der Waals surface area contributed by atoms with Crippen LogP contribution in [-0.4, -0.2) is 30.1 Å². The number of carbonyl (C=O) groups is 2. The highest BCUT2D eigenvalue weighted by atomic mass is 16.5. The molecule has 0 radical (unpaired) electrons. The van der Waals surface area contributed by atoms with Gasteiger partial charge in [0, 0.05) is 0 Å². The van der Waals surface area contributed by atoms with Crippen molar-refractivity contribution >= 4 is 18.0 Å². The molecule has 2 bridgehead atoms. The van der Waals surface area contributed by atoms with E-state index in [-0.39, 0.29) is 35.5 Å². The second-order valence-corrected chi connectivity index (χ2v) is 9.07. The number of amides is 2. The van der Waals surface area contributed by atoms with E-state index in [4.69, 9.17) is 9.47 Å². The first-order valence-electron chi connectivity index (χ1n) is 11.1. The standard InChI is InChI=1S/C26H24N2O4/c1-31-22-11-16(7-10-21(22)32-14-15-5-3-2-4-6-15)13-27-28-25(29)23-17-8-9-18(20-12-19(17)20)24(23)26(28)30/h2-11,13,17-20,23-24H,12,14H2,1H3/b27-13-/t17-,18+,19-,20-,23+,24-/m1/s1. The van der Waals surface area contributed by atoms with Crippen LogP contribution in [0.2, 0.25) is 0 Å². The van der Waals surface area contributed by atoms with Gasteiger partial charge in [-0.3, -0.25) is 9.59 Å². The smallest absolute Gasteiger partial charge is 0.254 e. The van der Waals surface area contributed by atoms with Crippen molar-refractivity contribution in [2.75, 3.05) is 7.11 Å². The molecule has 0 N–H and O–H groups in total. The summed E-state index contributed by atoms with van der Waals surface area (Å²) in [5.74, 6) is 1.98. The van der Waals surface area contributed by atoms with Gasteiger partial charge in [0.2, 0.25) is 0 Å². The van der Waals surface area contributed by atoms with Crippen LogP contribution in [0.15, 0.2) is 65.8 Å². The van der Waals surface area contributed by atoms with Gasteiger partial charge in [0.15, 0.2) is 11.5 Å². The normalized spacial score (nSPS) is 31.7. The van der Waals surface area contributed by atoms with E-state index in [1.807, 2.05) is 42.5 Å². The topological polar surface area (TPSA) is 68.2 Å². The third-order valence-corrected chi connectivity index (χ3v) is 7.39. The van der Waals surface area contributed by atoms with Crippen molar-refractivity contribution in [3.8, 4) is 11.5 Å². The molecular weight excluding hydrogens is 404 g/mol. The second kappa shape index (κ2) is 7.33. The molecule has 4 aliphatic carbocycles. The van der Waals surface area contributed by atoms with Gasteiger partial charge in [0.1, 0.15) is 6.61 Å². The van der Waals surface area contributed by atoms with Crippen LogP contribution in [0.3, 0.4) is 0 Å². The van der Waals surface area contributed by atoms with Crippen LogP contribution in [0.1, 0.15) is 17.5 Å². The zero-order chi connectivity index (χ0) is 21.8. The summed E-state index contributed by atoms with van der Waals surface area (Å²) in [6, 6.07) is 15.4. The summed E-state index contributed by atoms with van der Waals surface area (Å²) in [5, 5.41) is 5.40. The number of benzene rings is 2. The minimum atomic E-state index is -0.235. The summed E-state index contributed by atoms with van der Waals surface area (Å²) in [4.78, 5) is 26.1. The number of hydrogen-bond donors (Lipinski definition) is 0. The summed E-state index contributed by atoms with van der Waals surface area (Å²) in [6.45, 7) is 0.433. The fourth-order valence-electron chi connectivity index (χ4n) is 5.80. The van der Waals surface area contributed by atoms with Gasteiger partial charge in [0.05, 0.1) is 25.2 Å². The maximum absolute atomic E-state index is 13.0. The summed E-state index contributed by atoms with van der Waals surface area (Å²) in [5.41, 5.74) is 1.79. The molecule has 1 aliphatic heterocycles. The molecule has 3 fully saturated rings. The van der Waals surface area contributed by atoms with E-state index in [2.05, 4.69) is 17.3 Å². The van der Waals surface area contributed by atoms with E-state index in [1.54, 1.807) is 19.4 Å². The molecule has 0 spiro atoms. The van der Waals surface area contributed by atoms with Crippen molar-refractivity contribution in [3.05, 3.63) is 71.8 Å². The summed E-state index contributed by atoms with van der Waals surface area (Å²) < 4.78 is 11.4. The van der Waals surface area contributed by atoms with E-state index in [1.165, 1.54) is 0 Å². The number of nitrogens with zero attached hydrogens (tertiary/aromatic N) is 2. The molecule has 5 aliphatic rings. The Labute approximate surface area is 186 Å². The lowest BCUT2D eigenvalue weighted by molar-refractivity contribution is -0.140. The molecule has 2 aromatic carbocycles. The molecule has 162 valence electrons. The lowest BCUT2D eigenvalue weighted by Crippen LogP contribution is -2.40. The number of methoxy groups -OCH3 is 1. The van der Waals surface area contributed by atoms with Crippen molar-refractivity contribution in [1.82, 2.24) is 5.01 Å². The summed E-state index contributed by atoms with van der Waals surface area (Å²) >= 11 is 0. The molecule has 2 aromatic rings. The largest absolute Gasteiger partial charge is 0.493 e. The van der Waals surface area contributed by atoms with Crippen molar-refractivity contribution < 1.29 is 19.1 Å². The van der Waals surface area contributed by atoms with Crippen LogP contribution in [0.4, 0.5) is 0 Å². The molecule has 2 amide bonds. The molecule has 32 heavy (non-hydrogen) atoms. The van der Waals surface area contributed by atoms with Gasteiger partial charge in [-0.25, -0.2) is 0 Å². The predicted octanol–water partition coefficient (Wildman–Crippen LogP) is 3.66. The molecule has 0 unspecified atom stereocenters. The maximum atomic E-state index is 13.0. The Morgan fingerprint density at radius 1 is 0.969 bits per heavy atom. The molecule has 6 atom stereocenters. The Hall–Kier alpha value is -3.41. The van der Waals surface area contributed by atoms with Crippen molar-refractivity contribution in [2.24, 2.45) is 40.6 Å². The van der Waals surface area contributed by atoms with E-state index >= 15 is 0 Å². The van der Waals surface area contributed by atoms with Crippen LogP contribution in [0.5, 0.6) is 11.5 Å². The van der Waals surface area contributed by atoms with E-state index < -0.39 is 0 Å². The first-order chi connectivity index (χ1) is 15.7. The Kier molecular flexibility index (Phi) is 4.42. The van der Waals surface area contributed by atoms with Gasteiger partial charge < -0.3 is 9.47 Å². The molecule has 1 heterocycles. The van der Waals surface area contributed by atoms with Gasteiger partial charge in [-0.1, -0.05) is 42.5 Å². The molecule has 1 saturated heterocycles. The second-order valence-electron chi connectivity index (χ2n) is 9.07. The van der Waals surface area contributed by atoms with Crippen LogP contribution in [0.25, 0.3) is 0 Å². The Morgan fingerprint density at radius 3 is 2.31 bits per heavy atom. The SMILES string of the molecule is COc1cc(/C=N\N2C(=O)[C@@H]3[C@H]4C=C[C@H]([C@H]5C[C@H]45)[C@@H]3C2=O)ccc1OCc1ccccc1. The maximum Gasteiger partial charge on any atom is 0.254 e. The molecule has 6 nitrogen and oxygen atoms in total. The van der Waals surface area contributed by atoms with E-state index in [0.29, 0.717) is 29.9 Å². The van der Waals surface area contributed by atoms with Crippen molar-refractivity contribution in [2.45, 2.75) is 13.0 Å². The number of hydrazone groups is 1. The predicted molar refractivity (Wildman–Crippen MR) is 118 cm³/mol. The Bertz CT molecular complexity index is 1110. The van der Waals surface area contributed by atoms with E-state index in [9.17, 15) is 9.59 Å². The number of allylic oxidation sites excluding steroid dienone is 2. The molecule has 0 aromatic heterocycles. The van der Waals surface area contributed by atoms with Crippen LogP contribution in [0, 0.1) is 35.5 Å². The number of ether oxygens (including phenoxy) is 2. The van der Waals surface area contributed by atoms with Gasteiger partial charge in [-0.05, 0) is 59.4 Å². The first-order valence-corrected chi connectivity index (χ1v) is 11.1. The monoisotopic (exact) mass is 428 g/mol. The number of imide groups is 1. The average molecular weight is 428 g/mol. The van der Waals surface area contributed by atoms with Crippen LogP contribution in [-0.2, 0) is 16.2 Å². The van der Waals surface area contributed by atoms with Gasteiger partial charge in [-0.2, -0.15) is 10.1 Å². The highest BCUT2D eigenvalue weighted by Crippen LogP contribution is 2.65. The summed E-state index contributed by atoms with van der Waals surface area (Å²) in [7, 11) is 1.58. The average Bonchev–Trinajstić information content (AvgIpc) is 3.61. The fourth-order valence-corrected chi connectivity index (χ4v) is 5.80. The first kappa shape index (κ1) is 19.3. The van der Waals surface area contributed by atoms with Crippen LogP contribution < -0.4 is 9.47 Å². The molecular formula is C26H24N2O4. The summed E-state index contributed by atoms with van der Waals surface area (Å²) in [6.07, 6.45) is 7.03. The van der Waals surface area contributed by atoms with Gasteiger partial charge in [0.25, 0.3) is 11.8 Å². The third kappa shape index (κ3) is 2.97. The quantitative estimate of drug-likeness (QED) is 0.400. The molecule has 7 rings (SSSR count). The lowest BCUT2D eigenvalue weighted by Gasteiger charge is -2.37. The lowest BCUT2D eigenvalue weighted by atomic mass is 9.63. The third-order valence-electron chi connectivity index (χ3n) is 7.39. The highest BCUT2D eigenvalue weighted by Gasteiger charge is 2.67. The molecule has 6 heteroatoms. The minimum absolute atomic E-state index is 0.157. The number of carbonyl (C=O) groups excluding carboxylic acids is 2. The van der Waals surface area contributed by atoms with Gasteiger partial charge >= 0.3 is 0 Å². The number of hydrogen-bond acceptors (Lipinski definition) is 5. The molecule has 2 saturated carbocycles. The van der Waals surface area contributed by atoms with Crippen molar-refractivity contribution in [1.29, 1.82) is 0 Å². The zero-order valence-corrected chi connectivity index (χ0v) is 17.8.